The van der Waals surface area contributed by atoms with Crippen LogP contribution >= 0.6 is 24.4 Å². The lowest BCUT2D eigenvalue weighted by molar-refractivity contribution is 0.460. The fourth-order valence-electron chi connectivity index (χ4n) is 5.11. The highest BCUT2D eigenvalue weighted by Crippen LogP contribution is 2.33. The van der Waals surface area contributed by atoms with Gasteiger partial charge in [-0.3, -0.25) is 0 Å². The average molecular weight is 667 g/mol. The first kappa shape index (κ1) is 33.2. The molecule has 242 valence electrons. The lowest BCUT2D eigenvalue weighted by atomic mass is 10.1. The molecule has 0 unspecified atom stereocenters. The second-order valence-electron chi connectivity index (χ2n) is 11.4. The zero-order valence-electron chi connectivity index (χ0n) is 27.2. The first-order valence-electron chi connectivity index (χ1n) is 15.0. The summed E-state index contributed by atoms with van der Waals surface area (Å²) in [6.45, 7) is 4.77. The van der Waals surface area contributed by atoms with Crippen molar-refractivity contribution < 1.29 is 9.05 Å². The zero-order chi connectivity index (χ0) is 33.5. The van der Waals surface area contributed by atoms with E-state index in [0.717, 1.165) is 44.6 Å². The molecule has 0 saturated carbocycles. The van der Waals surface area contributed by atoms with Crippen LogP contribution in [0.1, 0.15) is 16.7 Å². The lowest BCUT2D eigenvalue weighted by Gasteiger charge is -2.14. The van der Waals surface area contributed by atoms with Crippen LogP contribution in [0, 0.1) is 13.8 Å². The normalized spacial score (nSPS) is 10.6. The fraction of sp³-hybridized carbons (Fsp3) is 0.200. The number of thiocarbonyl (C=S) groups is 2. The maximum absolute atomic E-state index is 5.42. The molecule has 0 aliphatic heterocycles. The van der Waals surface area contributed by atoms with Gasteiger partial charge in [0.15, 0.2) is 33.0 Å². The maximum Gasteiger partial charge on any atom is 0.185 e. The van der Waals surface area contributed by atoms with Gasteiger partial charge in [-0.1, -0.05) is 58.8 Å². The van der Waals surface area contributed by atoms with Gasteiger partial charge in [0, 0.05) is 40.4 Å². The summed E-state index contributed by atoms with van der Waals surface area (Å²) in [7, 11) is 7.93. The Bertz CT molecular complexity index is 1980. The maximum atomic E-state index is 5.42. The van der Waals surface area contributed by atoms with Gasteiger partial charge in [-0.05, 0) is 91.4 Å². The topological polar surface area (TPSA) is 107 Å². The monoisotopic (exact) mass is 666 g/mol. The molecule has 6 aromatic rings. The van der Waals surface area contributed by atoms with Crippen LogP contribution < -0.4 is 31.1 Å². The van der Waals surface area contributed by atoms with Gasteiger partial charge in [0.25, 0.3) is 0 Å². The molecular weight excluding hydrogens is 629 g/mol. The molecule has 2 aromatic heterocycles. The molecule has 0 aliphatic rings. The summed E-state index contributed by atoms with van der Waals surface area (Å²) in [4.78, 5) is 4.04. The minimum atomic E-state index is 0.476. The number of nitrogens with zero attached hydrogens (tertiary/aromatic N) is 4. The molecule has 47 heavy (non-hydrogen) atoms. The first-order valence-corrected chi connectivity index (χ1v) is 15.8. The summed E-state index contributed by atoms with van der Waals surface area (Å²) < 4.78 is 10.8. The van der Waals surface area contributed by atoms with Crippen LogP contribution in [0.4, 0.5) is 28.7 Å². The minimum Gasteiger partial charge on any atom is -0.377 e. The largest absolute Gasteiger partial charge is 0.377 e. The third-order valence-electron chi connectivity index (χ3n) is 7.16. The van der Waals surface area contributed by atoms with Gasteiger partial charge in [0.2, 0.25) is 0 Å². The van der Waals surface area contributed by atoms with Crippen molar-refractivity contribution >= 4 is 85.3 Å². The second-order valence-corrected chi connectivity index (χ2v) is 12.2. The Morgan fingerprint density at radius 3 is 1.66 bits per heavy atom. The van der Waals surface area contributed by atoms with E-state index in [1.807, 2.05) is 117 Å². The molecule has 0 amide bonds. The smallest absolute Gasteiger partial charge is 0.185 e. The van der Waals surface area contributed by atoms with Gasteiger partial charge in [0.1, 0.15) is 0 Å². The lowest BCUT2D eigenvalue weighted by Crippen LogP contribution is -2.28. The molecule has 0 spiro atoms. The molecule has 4 N–H and O–H groups in total. The first-order chi connectivity index (χ1) is 22.6. The van der Waals surface area contributed by atoms with Crippen LogP contribution in [0.3, 0.4) is 0 Å². The summed E-state index contributed by atoms with van der Waals surface area (Å²) in [6.07, 6.45) is 0. The Kier molecular flexibility index (Phi) is 10.5. The fourth-order valence-corrected chi connectivity index (χ4v) is 5.49. The van der Waals surface area contributed by atoms with Crippen LogP contribution in [0.2, 0.25) is 0 Å². The average Bonchev–Trinajstić information content (AvgIpc) is 3.64. The molecular formula is C35H38N8O2S2. The van der Waals surface area contributed by atoms with Crippen molar-refractivity contribution in [2.24, 2.45) is 0 Å². The predicted octanol–water partition coefficient (Wildman–Crippen LogP) is 7.70. The number of anilines is 5. The molecule has 0 bridgehead atoms. The zero-order valence-corrected chi connectivity index (χ0v) is 28.8. The van der Waals surface area contributed by atoms with Crippen LogP contribution in [-0.4, -0.2) is 48.7 Å². The van der Waals surface area contributed by atoms with Crippen molar-refractivity contribution in [2.45, 2.75) is 20.4 Å². The highest BCUT2D eigenvalue weighted by atomic mass is 32.1. The molecule has 0 atom stereocenters. The van der Waals surface area contributed by atoms with Crippen LogP contribution in [-0.2, 0) is 6.54 Å². The van der Waals surface area contributed by atoms with Gasteiger partial charge >= 0.3 is 0 Å². The molecule has 0 radical (unpaired) electrons. The second kappa shape index (κ2) is 14.9. The highest BCUT2D eigenvalue weighted by Gasteiger charge is 2.16. The SMILES string of the molecule is CN(C)c1cccc2onc(NC(=S)NCc3ccccc3)c12.Cc1cc(C)cc(NC(=S)Nc2noc3cccc(N(C)C)c23)c1. The van der Waals surface area contributed by atoms with Gasteiger partial charge in [-0.2, -0.15) is 0 Å². The van der Waals surface area contributed by atoms with Crippen LogP contribution in [0.5, 0.6) is 0 Å². The van der Waals surface area contributed by atoms with E-state index in [2.05, 4.69) is 51.5 Å². The van der Waals surface area contributed by atoms with E-state index in [1.54, 1.807) is 0 Å². The molecule has 0 saturated heterocycles. The van der Waals surface area contributed by atoms with E-state index >= 15 is 0 Å². The van der Waals surface area contributed by atoms with Gasteiger partial charge in [0.05, 0.1) is 22.1 Å². The quantitative estimate of drug-likeness (QED) is 0.126. The standard InChI is InChI=1S/C18H20N4OS.C17H18N4OS/c1-11-8-12(2)10-13(9-11)19-18(24)20-17-16-14(22(3)4)6-5-7-15(16)23-21-17;1-21(2)13-9-6-10-14-15(13)16(20-22-14)19-17(23)18-11-12-7-4-3-5-8-12/h5-10H,1-4H3,(H2,19,20,21,24);3-10H,11H2,1-2H3,(H2,18,19,20,23). The van der Waals surface area contributed by atoms with E-state index in [0.29, 0.717) is 28.4 Å². The van der Waals surface area contributed by atoms with Crippen molar-refractivity contribution in [1.82, 2.24) is 15.6 Å². The molecule has 2 heterocycles. The third-order valence-corrected chi connectivity index (χ3v) is 7.61. The molecule has 0 aliphatic carbocycles. The summed E-state index contributed by atoms with van der Waals surface area (Å²) in [5.41, 5.74) is 7.97. The van der Waals surface area contributed by atoms with Crippen molar-refractivity contribution in [3.8, 4) is 0 Å². The molecule has 10 nitrogen and oxygen atoms in total. The summed E-state index contributed by atoms with van der Waals surface area (Å²) in [5, 5.41) is 23.7. The number of nitrogens with one attached hydrogen (secondary N) is 4. The van der Waals surface area contributed by atoms with Crippen LogP contribution in [0.25, 0.3) is 21.9 Å². The van der Waals surface area contributed by atoms with Crippen molar-refractivity contribution in [3.63, 3.8) is 0 Å². The molecule has 12 heteroatoms. The molecule has 4 aromatic carbocycles. The highest BCUT2D eigenvalue weighted by molar-refractivity contribution is 7.80. The Morgan fingerprint density at radius 2 is 1.15 bits per heavy atom. The van der Waals surface area contributed by atoms with Crippen molar-refractivity contribution in [3.05, 3.63) is 102 Å². The van der Waals surface area contributed by atoms with Gasteiger partial charge in [-0.15, -0.1) is 0 Å². The van der Waals surface area contributed by atoms with Crippen molar-refractivity contribution in [2.75, 3.05) is 53.9 Å². The summed E-state index contributed by atoms with van der Waals surface area (Å²) >= 11 is 10.8. The number of fused-ring (bicyclic) bond motifs is 2. The number of hydrogen-bond acceptors (Lipinski definition) is 8. The number of aryl methyl sites for hydroxylation is 2. The van der Waals surface area contributed by atoms with E-state index in [-0.39, 0.29) is 0 Å². The number of benzene rings is 4. The predicted molar refractivity (Wildman–Crippen MR) is 202 cm³/mol. The Balaban J connectivity index is 0.000000185. The number of hydrogen-bond donors (Lipinski definition) is 4. The van der Waals surface area contributed by atoms with E-state index in [4.69, 9.17) is 33.5 Å². The Labute approximate surface area is 285 Å². The van der Waals surface area contributed by atoms with Gasteiger partial charge in [-0.25, -0.2) is 0 Å². The van der Waals surface area contributed by atoms with E-state index in [1.165, 1.54) is 11.1 Å². The van der Waals surface area contributed by atoms with E-state index in [9.17, 15) is 0 Å². The van der Waals surface area contributed by atoms with Crippen molar-refractivity contribution in [1.29, 1.82) is 0 Å². The Morgan fingerprint density at radius 1 is 0.638 bits per heavy atom. The molecule has 0 fully saturated rings. The van der Waals surface area contributed by atoms with Gasteiger partial charge < -0.3 is 40.1 Å². The molecule has 6 rings (SSSR count). The minimum absolute atomic E-state index is 0.476. The summed E-state index contributed by atoms with van der Waals surface area (Å²) in [5.74, 6) is 1.23. The summed E-state index contributed by atoms with van der Waals surface area (Å²) in [6, 6.07) is 28.0. The van der Waals surface area contributed by atoms with E-state index < -0.39 is 0 Å². The third kappa shape index (κ3) is 8.34. The number of rotatable bonds is 7. The Hall–Kier alpha value is -5.20. The number of aromatic nitrogens is 2. The van der Waals surface area contributed by atoms with Crippen LogP contribution in [0.15, 0.2) is 94.0 Å².